The van der Waals surface area contributed by atoms with Crippen LogP contribution in [0, 0.1) is 6.92 Å². The molecule has 18 heavy (non-hydrogen) atoms. The van der Waals surface area contributed by atoms with E-state index >= 15 is 0 Å². The number of halogens is 3. The number of aliphatic hydroxyl groups excluding tert-OH is 1. The molecule has 0 aliphatic carbocycles. The Morgan fingerprint density at radius 1 is 1.17 bits per heavy atom. The average molecular weight is 272 g/mol. The van der Waals surface area contributed by atoms with Gasteiger partial charge in [-0.15, -0.1) is 11.3 Å². The zero-order valence-electron chi connectivity index (χ0n) is 9.58. The maximum absolute atomic E-state index is 12.4. The van der Waals surface area contributed by atoms with Gasteiger partial charge in [-0.05, 0) is 36.2 Å². The number of thiophene rings is 1. The molecule has 0 spiro atoms. The molecule has 0 radical (unpaired) electrons. The highest BCUT2D eigenvalue weighted by Gasteiger charge is 2.30. The zero-order valence-corrected chi connectivity index (χ0v) is 10.4. The van der Waals surface area contributed by atoms with Gasteiger partial charge in [0.1, 0.15) is 0 Å². The summed E-state index contributed by atoms with van der Waals surface area (Å²) in [5.41, 5.74) is 0.896. The second-order valence-corrected chi connectivity index (χ2v) is 5.18. The van der Waals surface area contributed by atoms with Crippen molar-refractivity contribution in [3.8, 4) is 10.4 Å². The van der Waals surface area contributed by atoms with Crippen molar-refractivity contribution in [2.24, 2.45) is 0 Å². The smallest absolute Gasteiger partial charge is 0.392 e. The molecule has 0 aliphatic heterocycles. The number of hydrogen-bond donors (Lipinski definition) is 1. The van der Waals surface area contributed by atoms with E-state index in [0.717, 1.165) is 33.0 Å². The van der Waals surface area contributed by atoms with Gasteiger partial charge in [-0.3, -0.25) is 0 Å². The topological polar surface area (TPSA) is 20.2 Å². The minimum absolute atomic E-state index is 0.0526. The predicted octanol–water partition coefficient (Wildman–Crippen LogP) is 4.23. The van der Waals surface area contributed by atoms with Crippen LogP contribution in [-0.2, 0) is 12.8 Å². The van der Waals surface area contributed by atoms with Gasteiger partial charge >= 0.3 is 6.18 Å². The first kappa shape index (κ1) is 13.1. The Morgan fingerprint density at radius 3 is 2.22 bits per heavy atom. The van der Waals surface area contributed by atoms with Gasteiger partial charge < -0.3 is 5.11 Å². The number of hydrogen-bond acceptors (Lipinski definition) is 2. The lowest BCUT2D eigenvalue weighted by Crippen LogP contribution is -2.03. The Hall–Kier alpha value is -1.33. The number of rotatable bonds is 2. The Balaban J connectivity index is 2.34. The van der Waals surface area contributed by atoms with Crippen LogP contribution in [0.4, 0.5) is 13.2 Å². The predicted molar refractivity (Wildman–Crippen MR) is 65.4 cm³/mol. The molecule has 1 aromatic carbocycles. The van der Waals surface area contributed by atoms with Crippen molar-refractivity contribution in [2.75, 3.05) is 0 Å². The highest BCUT2D eigenvalue weighted by Crippen LogP contribution is 2.34. The van der Waals surface area contributed by atoms with Crippen LogP contribution in [0.5, 0.6) is 0 Å². The minimum atomic E-state index is -4.31. The summed E-state index contributed by atoms with van der Waals surface area (Å²) in [5, 5.41) is 9.09. The summed E-state index contributed by atoms with van der Waals surface area (Å²) >= 11 is 1.46. The van der Waals surface area contributed by atoms with Gasteiger partial charge in [0, 0.05) is 9.75 Å². The van der Waals surface area contributed by atoms with Crippen molar-refractivity contribution in [1.29, 1.82) is 0 Å². The number of benzene rings is 1. The van der Waals surface area contributed by atoms with Crippen LogP contribution in [-0.4, -0.2) is 5.11 Å². The lowest BCUT2D eigenvalue weighted by Gasteiger charge is -2.06. The van der Waals surface area contributed by atoms with Crippen molar-refractivity contribution in [3.05, 3.63) is 46.3 Å². The summed E-state index contributed by atoms with van der Waals surface area (Å²) in [5.74, 6) is 0. The summed E-state index contributed by atoms with van der Waals surface area (Å²) in [6.07, 6.45) is -4.31. The van der Waals surface area contributed by atoms with Gasteiger partial charge in [-0.1, -0.05) is 12.1 Å². The van der Waals surface area contributed by atoms with Gasteiger partial charge in [-0.2, -0.15) is 13.2 Å². The molecule has 0 atom stereocenters. The average Bonchev–Trinajstić information content (AvgIpc) is 2.69. The second-order valence-electron chi connectivity index (χ2n) is 3.93. The fourth-order valence-electron chi connectivity index (χ4n) is 1.64. The Kier molecular flexibility index (Phi) is 3.45. The first-order valence-electron chi connectivity index (χ1n) is 5.29. The van der Waals surface area contributed by atoms with Crippen LogP contribution in [0.15, 0.2) is 30.3 Å². The van der Waals surface area contributed by atoms with E-state index in [1.165, 1.54) is 23.5 Å². The van der Waals surface area contributed by atoms with Gasteiger partial charge in [0.2, 0.25) is 0 Å². The third-order valence-corrected chi connectivity index (χ3v) is 3.83. The molecular formula is C13H11F3OS. The van der Waals surface area contributed by atoms with E-state index in [1.807, 2.05) is 13.0 Å². The van der Waals surface area contributed by atoms with Crippen molar-refractivity contribution in [1.82, 2.24) is 0 Å². The fraction of sp³-hybridized carbons (Fsp3) is 0.231. The summed E-state index contributed by atoms with van der Waals surface area (Å²) in [6, 6.07) is 6.86. The molecule has 2 aromatic rings. The summed E-state index contributed by atoms with van der Waals surface area (Å²) in [7, 11) is 0. The summed E-state index contributed by atoms with van der Waals surface area (Å²) in [4.78, 5) is 1.85. The highest BCUT2D eigenvalue weighted by molar-refractivity contribution is 7.15. The number of alkyl halides is 3. The van der Waals surface area contributed by atoms with Crippen molar-refractivity contribution < 1.29 is 18.3 Å². The van der Waals surface area contributed by atoms with E-state index < -0.39 is 11.7 Å². The molecule has 0 saturated carbocycles. The van der Waals surface area contributed by atoms with Gasteiger partial charge in [0.15, 0.2) is 0 Å². The number of aliphatic hydroxyl groups is 1. The maximum Gasteiger partial charge on any atom is 0.416 e. The lowest BCUT2D eigenvalue weighted by atomic mass is 10.1. The highest BCUT2D eigenvalue weighted by atomic mass is 32.1. The van der Waals surface area contributed by atoms with E-state index in [0.29, 0.717) is 0 Å². The van der Waals surface area contributed by atoms with E-state index in [2.05, 4.69) is 0 Å². The van der Waals surface area contributed by atoms with Gasteiger partial charge in [-0.25, -0.2) is 0 Å². The van der Waals surface area contributed by atoms with Gasteiger partial charge in [0.25, 0.3) is 0 Å². The molecule has 0 amide bonds. The third-order valence-electron chi connectivity index (χ3n) is 2.69. The number of aryl methyl sites for hydroxylation is 1. The second kappa shape index (κ2) is 4.74. The summed E-state index contributed by atoms with van der Waals surface area (Å²) < 4.78 is 37.2. The molecule has 2 rings (SSSR count). The first-order valence-corrected chi connectivity index (χ1v) is 6.11. The molecular weight excluding hydrogens is 261 g/mol. The molecule has 0 fully saturated rings. The van der Waals surface area contributed by atoms with Crippen LogP contribution < -0.4 is 0 Å². The molecule has 1 N–H and O–H groups in total. The first-order chi connectivity index (χ1) is 8.41. The van der Waals surface area contributed by atoms with Gasteiger partial charge in [0.05, 0.1) is 12.2 Å². The molecule has 0 bridgehead atoms. The van der Waals surface area contributed by atoms with Crippen LogP contribution in [0.3, 0.4) is 0 Å². The van der Waals surface area contributed by atoms with Crippen molar-refractivity contribution >= 4 is 11.3 Å². The van der Waals surface area contributed by atoms with Crippen molar-refractivity contribution in [3.63, 3.8) is 0 Å². The zero-order chi connectivity index (χ0) is 13.3. The SMILES string of the molecule is Cc1sc(-c2ccc(C(F)(F)F)cc2)cc1CO. The molecule has 1 heterocycles. The standard InChI is InChI=1S/C13H11F3OS/c1-8-10(7-17)6-12(18-8)9-2-4-11(5-3-9)13(14,15)16/h2-6,17H,7H2,1H3. The van der Waals surface area contributed by atoms with E-state index in [4.69, 9.17) is 5.11 Å². The largest absolute Gasteiger partial charge is 0.416 e. The lowest BCUT2D eigenvalue weighted by molar-refractivity contribution is -0.137. The molecule has 96 valence electrons. The minimum Gasteiger partial charge on any atom is -0.392 e. The molecule has 0 saturated heterocycles. The van der Waals surface area contributed by atoms with E-state index in [9.17, 15) is 13.2 Å². The Labute approximate surface area is 107 Å². The molecule has 0 unspecified atom stereocenters. The van der Waals surface area contributed by atoms with Crippen LogP contribution in [0.25, 0.3) is 10.4 Å². The Morgan fingerprint density at radius 2 is 1.78 bits per heavy atom. The van der Waals surface area contributed by atoms with E-state index in [1.54, 1.807) is 0 Å². The normalized spacial score (nSPS) is 11.8. The van der Waals surface area contributed by atoms with Crippen LogP contribution in [0.1, 0.15) is 16.0 Å². The molecule has 1 aromatic heterocycles. The van der Waals surface area contributed by atoms with Crippen LogP contribution in [0.2, 0.25) is 0 Å². The fourth-order valence-corrected chi connectivity index (χ4v) is 2.68. The van der Waals surface area contributed by atoms with Crippen molar-refractivity contribution in [2.45, 2.75) is 19.7 Å². The molecule has 5 heteroatoms. The Bertz CT molecular complexity index is 540. The molecule has 0 aliphatic rings. The molecule has 1 nitrogen and oxygen atoms in total. The monoisotopic (exact) mass is 272 g/mol. The van der Waals surface area contributed by atoms with E-state index in [-0.39, 0.29) is 6.61 Å². The third kappa shape index (κ3) is 2.57. The maximum atomic E-state index is 12.4. The summed E-state index contributed by atoms with van der Waals surface area (Å²) in [6.45, 7) is 1.83. The van der Waals surface area contributed by atoms with Crippen LogP contribution >= 0.6 is 11.3 Å². The quantitative estimate of drug-likeness (QED) is 0.867.